The van der Waals surface area contributed by atoms with E-state index in [9.17, 15) is 4.79 Å². The molecule has 24 heavy (non-hydrogen) atoms. The molecule has 128 valence electrons. The topological polar surface area (TPSA) is 76.2 Å². The molecule has 0 saturated carbocycles. The second-order valence-corrected chi connectivity index (χ2v) is 5.71. The first kappa shape index (κ1) is 18.2. The Bertz CT molecular complexity index is 808. The van der Waals surface area contributed by atoms with Crippen LogP contribution in [0.25, 0.3) is 0 Å². The van der Waals surface area contributed by atoms with E-state index >= 15 is 0 Å². The van der Waals surface area contributed by atoms with E-state index in [0.29, 0.717) is 29.0 Å². The minimum Gasteiger partial charge on any atom is -0.495 e. The third-order valence-electron chi connectivity index (χ3n) is 3.20. The van der Waals surface area contributed by atoms with Gasteiger partial charge in [0.05, 0.1) is 18.7 Å². The normalized spacial score (nSPS) is 10.3. The van der Waals surface area contributed by atoms with Crippen LogP contribution < -0.4 is 10.1 Å². The molecular weight excluding hydrogens is 350 g/mol. The molecule has 2 aromatic rings. The predicted octanol–water partition coefficient (Wildman–Crippen LogP) is 3.90. The molecule has 1 aromatic carbocycles. The minimum absolute atomic E-state index is 0.194. The number of esters is 1. The lowest BCUT2D eigenvalue weighted by atomic mass is 10.2. The van der Waals surface area contributed by atoms with Crippen LogP contribution in [0.2, 0.25) is 5.02 Å². The summed E-state index contributed by atoms with van der Waals surface area (Å²) in [6.07, 6.45) is 0. The highest BCUT2D eigenvalue weighted by molar-refractivity contribution is 7.71. The number of H-pyrrole nitrogens is 1. The third-order valence-corrected chi connectivity index (χ3v) is 3.79. The van der Waals surface area contributed by atoms with Gasteiger partial charge in [-0.3, -0.25) is 0 Å². The summed E-state index contributed by atoms with van der Waals surface area (Å²) in [5.74, 6) is 1.16. The largest absolute Gasteiger partial charge is 0.495 e. The molecule has 1 heterocycles. The quantitative estimate of drug-likeness (QED) is 0.595. The molecule has 2 N–H and O–H groups in total. The fourth-order valence-corrected chi connectivity index (χ4v) is 2.72. The Kier molecular flexibility index (Phi) is 6.16. The van der Waals surface area contributed by atoms with Crippen molar-refractivity contribution in [3.05, 3.63) is 44.8 Å². The van der Waals surface area contributed by atoms with Crippen molar-refractivity contribution < 1.29 is 14.3 Å². The lowest BCUT2D eigenvalue weighted by molar-refractivity contribution is 0.0526. The number of aryl methyl sites for hydroxylation is 1. The Morgan fingerprint density at radius 1 is 1.46 bits per heavy atom. The van der Waals surface area contributed by atoms with Crippen LogP contribution in [0.1, 0.15) is 28.7 Å². The first-order chi connectivity index (χ1) is 11.5. The van der Waals surface area contributed by atoms with Crippen molar-refractivity contribution in [2.45, 2.75) is 20.4 Å². The smallest absolute Gasteiger partial charge is 0.344 e. The molecule has 0 saturated heterocycles. The zero-order valence-electron chi connectivity index (χ0n) is 13.6. The second kappa shape index (κ2) is 8.12. The number of aromatic nitrogens is 2. The Morgan fingerprint density at radius 3 is 2.83 bits per heavy atom. The van der Waals surface area contributed by atoms with Gasteiger partial charge in [-0.15, -0.1) is 0 Å². The number of aromatic amines is 1. The van der Waals surface area contributed by atoms with Crippen LogP contribution in [-0.2, 0) is 11.3 Å². The van der Waals surface area contributed by atoms with Gasteiger partial charge in [0, 0.05) is 6.54 Å². The molecule has 0 aliphatic carbocycles. The van der Waals surface area contributed by atoms with Gasteiger partial charge in [0.2, 0.25) is 0 Å². The van der Waals surface area contributed by atoms with E-state index in [-0.39, 0.29) is 16.8 Å². The lowest BCUT2D eigenvalue weighted by Crippen LogP contribution is -2.14. The van der Waals surface area contributed by atoms with Gasteiger partial charge in [-0.25, -0.2) is 9.78 Å². The summed E-state index contributed by atoms with van der Waals surface area (Å²) in [6, 6.07) is 5.45. The van der Waals surface area contributed by atoms with Crippen LogP contribution in [0, 0.1) is 11.6 Å². The molecule has 1 aromatic heterocycles. The molecule has 2 rings (SSSR count). The maximum Gasteiger partial charge on any atom is 0.344 e. The number of carbonyl (C=O) groups is 1. The average molecular weight is 368 g/mol. The molecule has 0 bridgehead atoms. The number of ether oxygens (including phenoxy) is 2. The number of carbonyl (C=O) groups excluding carboxylic acids is 1. The number of methoxy groups -OCH3 is 1. The molecule has 8 heteroatoms. The van der Waals surface area contributed by atoms with E-state index in [1.807, 2.05) is 6.07 Å². The summed E-state index contributed by atoms with van der Waals surface area (Å²) in [4.78, 5) is 19.2. The first-order valence-corrected chi connectivity index (χ1v) is 8.09. The van der Waals surface area contributed by atoms with Gasteiger partial charge < -0.3 is 19.8 Å². The Hall–Kier alpha value is -2.12. The highest BCUT2D eigenvalue weighted by Crippen LogP contribution is 2.25. The van der Waals surface area contributed by atoms with E-state index < -0.39 is 5.97 Å². The van der Waals surface area contributed by atoms with Crippen LogP contribution in [0.4, 0.5) is 5.82 Å². The maximum atomic E-state index is 12.1. The van der Waals surface area contributed by atoms with Crippen molar-refractivity contribution >= 4 is 35.6 Å². The zero-order valence-corrected chi connectivity index (χ0v) is 15.2. The molecule has 0 aliphatic rings. The molecule has 0 amide bonds. The predicted molar refractivity (Wildman–Crippen MR) is 95.4 cm³/mol. The average Bonchev–Trinajstić information content (AvgIpc) is 2.52. The first-order valence-electron chi connectivity index (χ1n) is 7.30. The van der Waals surface area contributed by atoms with E-state index in [4.69, 9.17) is 33.3 Å². The highest BCUT2D eigenvalue weighted by atomic mass is 35.5. The summed E-state index contributed by atoms with van der Waals surface area (Å²) < 4.78 is 10.4. The van der Waals surface area contributed by atoms with Crippen LogP contribution in [-0.4, -0.2) is 29.7 Å². The standard InChI is InChI=1S/C16H18ClN3O3S/c1-4-23-16(21)13-14(19-9(2)20-15(13)24)18-8-10-5-6-12(22-3)11(17)7-10/h5-7H,4,8H2,1-3H3,(H2,18,19,20,24). The van der Waals surface area contributed by atoms with E-state index in [1.165, 1.54) is 0 Å². The number of hydrogen-bond donors (Lipinski definition) is 2. The van der Waals surface area contributed by atoms with Crippen LogP contribution in [0.15, 0.2) is 18.2 Å². The summed E-state index contributed by atoms with van der Waals surface area (Å²) in [5.41, 5.74) is 1.14. The van der Waals surface area contributed by atoms with Gasteiger partial charge in [-0.2, -0.15) is 0 Å². The van der Waals surface area contributed by atoms with Gasteiger partial charge in [0.15, 0.2) is 0 Å². The van der Waals surface area contributed by atoms with Crippen molar-refractivity contribution in [2.75, 3.05) is 19.0 Å². The van der Waals surface area contributed by atoms with Gasteiger partial charge >= 0.3 is 5.97 Å². The highest BCUT2D eigenvalue weighted by Gasteiger charge is 2.17. The summed E-state index contributed by atoms with van der Waals surface area (Å²) in [6.45, 7) is 4.19. The van der Waals surface area contributed by atoms with Crippen molar-refractivity contribution in [3.8, 4) is 5.75 Å². The molecule has 0 unspecified atom stereocenters. The fraction of sp³-hybridized carbons (Fsp3) is 0.312. The number of nitrogens with zero attached hydrogens (tertiary/aromatic N) is 1. The number of nitrogens with one attached hydrogen (secondary N) is 2. The second-order valence-electron chi connectivity index (χ2n) is 4.92. The number of rotatable bonds is 6. The Labute approximate surface area is 150 Å². The van der Waals surface area contributed by atoms with Gasteiger partial charge in [0.1, 0.15) is 27.6 Å². The van der Waals surface area contributed by atoms with E-state index in [0.717, 1.165) is 5.56 Å². The number of hydrogen-bond acceptors (Lipinski definition) is 6. The molecule has 6 nitrogen and oxygen atoms in total. The van der Waals surface area contributed by atoms with Crippen molar-refractivity contribution in [2.24, 2.45) is 0 Å². The van der Waals surface area contributed by atoms with E-state index in [2.05, 4.69) is 15.3 Å². The van der Waals surface area contributed by atoms with Crippen LogP contribution in [0.3, 0.4) is 0 Å². The molecule has 0 atom stereocenters. The molecule has 0 radical (unpaired) electrons. The fourth-order valence-electron chi connectivity index (χ4n) is 2.12. The monoisotopic (exact) mass is 367 g/mol. The summed E-state index contributed by atoms with van der Waals surface area (Å²) >= 11 is 11.3. The lowest BCUT2D eigenvalue weighted by Gasteiger charge is -2.13. The van der Waals surface area contributed by atoms with Crippen LogP contribution in [0.5, 0.6) is 5.75 Å². The third kappa shape index (κ3) is 4.24. The zero-order chi connectivity index (χ0) is 17.7. The molecule has 0 aliphatic heterocycles. The van der Waals surface area contributed by atoms with Gasteiger partial charge in [-0.05, 0) is 31.5 Å². The Balaban J connectivity index is 2.27. The number of benzene rings is 1. The number of anilines is 1. The van der Waals surface area contributed by atoms with Crippen molar-refractivity contribution in [1.29, 1.82) is 0 Å². The number of halogens is 1. The molecule has 0 spiro atoms. The molecule has 0 fully saturated rings. The maximum absolute atomic E-state index is 12.1. The summed E-state index contributed by atoms with van der Waals surface area (Å²) in [5, 5.41) is 3.67. The summed E-state index contributed by atoms with van der Waals surface area (Å²) in [7, 11) is 1.56. The molecular formula is C16H18ClN3O3S. The van der Waals surface area contributed by atoms with Gasteiger partial charge in [-0.1, -0.05) is 29.9 Å². The van der Waals surface area contributed by atoms with Gasteiger partial charge in [0.25, 0.3) is 0 Å². The van der Waals surface area contributed by atoms with Crippen LogP contribution >= 0.6 is 23.8 Å². The van der Waals surface area contributed by atoms with E-state index in [1.54, 1.807) is 33.1 Å². The van der Waals surface area contributed by atoms with Crippen molar-refractivity contribution in [1.82, 2.24) is 9.97 Å². The Morgan fingerprint density at radius 2 is 2.21 bits per heavy atom. The van der Waals surface area contributed by atoms with Crippen molar-refractivity contribution in [3.63, 3.8) is 0 Å². The SMILES string of the molecule is CCOC(=O)c1c(NCc2ccc(OC)c(Cl)c2)[nH]c(C)nc1=S. The minimum atomic E-state index is -0.512.